The lowest BCUT2D eigenvalue weighted by Crippen LogP contribution is -2.60. The van der Waals surface area contributed by atoms with Gasteiger partial charge in [-0.3, -0.25) is 4.90 Å². The molecule has 2 heterocycles. The molecule has 0 amide bonds. The van der Waals surface area contributed by atoms with Crippen molar-refractivity contribution in [1.29, 1.82) is 0 Å². The number of hydrogen-bond donors (Lipinski definition) is 1. The van der Waals surface area contributed by atoms with Crippen LogP contribution in [0.15, 0.2) is 0 Å². The van der Waals surface area contributed by atoms with Crippen molar-refractivity contribution in [1.82, 2.24) is 10.2 Å². The Kier molecular flexibility index (Phi) is 2.85. The zero-order valence-corrected chi connectivity index (χ0v) is 9.84. The second-order valence-corrected chi connectivity index (χ2v) is 5.72. The van der Waals surface area contributed by atoms with Crippen molar-refractivity contribution in [3.8, 4) is 0 Å². The minimum Gasteiger partial charge on any atom is -0.315 e. The monoisotopic (exact) mass is 196 g/mol. The number of piperidine rings is 1. The Bertz CT molecular complexity index is 188. The molecular formula is C12H24N2. The summed E-state index contributed by atoms with van der Waals surface area (Å²) in [6.45, 7) is 10.9. The predicted molar refractivity (Wildman–Crippen MR) is 60.5 cm³/mol. The van der Waals surface area contributed by atoms with Crippen molar-refractivity contribution in [2.45, 2.75) is 52.1 Å². The van der Waals surface area contributed by atoms with E-state index in [1.165, 1.54) is 38.9 Å². The first kappa shape index (κ1) is 10.4. The molecule has 14 heavy (non-hydrogen) atoms. The van der Waals surface area contributed by atoms with Gasteiger partial charge in [0.2, 0.25) is 0 Å². The highest BCUT2D eigenvalue weighted by Crippen LogP contribution is 2.29. The Hall–Kier alpha value is -0.0800. The number of hydrogen-bond acceptors (Lipinski definition) is 2. The molecule has 0 bridgehead atoms. The molecule has 0 aliphatic carbocycles. The van der Waals surface area contributed by atoms with Gasteiger partial charge in [0.05, 0.1) is 0 Å². The molecule has 0 aromatic heterocycles. The molecule has 82 valence electrons. The van der Waals surface area contributed by atoms with Crippen molar-refractivity contribution in [2.75, 3.05) is 19.6 Å². The predicted octanol–water partition coefficient (Wildman–Crippen LogP) is 1.86. The summed E-state index contributed by atoms with van der Waals surface area (Å²) in [6.07, 6.45) is 4.22. The van der Waals surface area contributed by atoms with Crippen LogP contribution in [0.1, 0.15) is 40.0 Å². The first-order chi connectivity index (χ1) is 6.61. The van der Waals surface area contributed by atoms with Crippen LogP contribution in [-0.2, 0) is 0 Å². The van der Waals surface area contributed by atoms with Gasteiger partial charge >= 0.3 is 0 Å². The largest absolute Gasteiger partial charge is 0.315 e. The van der Waals surface area contributed by atoms with Gasteiger partial charge in [-0.25, -0.2) is 0 Å². The number of rotatable bonds is 2. The van der Waals surface area contributed by atoms with E-state index < -0.39 is 0 Å². The molecule has 2 atom stereocenters. The Morgan fingerprint density at radius 1 is 1.21 bits per heavy atom. The summed E-state index contributed by atoms with van der Waals surface area (Å²) in [6, 6.07) is 1.60. The summed E-state index contributed by atoms with van der Waals surface area (Å²) in [5, 5.41) is 3.39. The van der Waals surface area contributed by atoms with Crippen LogP contribution < -0.4 is 5.32 Å². The minimum absolute atomic E-state index is 0.555. The summed E-state index contributed by atoms with van der Waals surface area (Å²) in [5.41, 5.74) is 0.555. The van der Waals surface area contributed by atoms with Gasteiger partial charge in [-0.2, -0.15) is 0 Å². The third-order valence-electron chi connectivity index (χ3n) is 4.04. The van der Waals surface area contributed by atoms with Gasteiger partial charge in [0, 0.05) is 37.1 Å². The zero-order chi connectivity index (χ0) is 10.2. The Morgan fingerprint density at radius 3 is 2.21 bits per heavy atom. The minimum atomic E-state index is 0.555. The summed E-state index contributed by atoms with van der Waals surface area (Å²) in [5.74, 6) is 0. The van der Waals surface area contributed by atoms with Crippen molar-refractivity contribution in [3.63, 3.8) is 0 Å². The SMILES string of the molecule is CC1CCCC(C)N1CC1(C)CNC1. The molecule has 0 radical (unpaired) electrons. The number of nitrogens with zero attached hydrogens (tertiary/aromatic N) is 1. The molecule has 2 aliphatic rings. The molecule has 2 unspecified atom stereocenters. The molecule has 2 nitrogen and oxygen atoms in total. The van der Waals surface area contributed by atoms with Crippen LogP contribution in [0.3, 0.4) is 0 Å². The highest BCUT2D eigenvalue weighted by atomic mass is 15.2. The molecule has 0 aromatic carbocycles. The summed E-state index contributed by atoms with van der Waals surface area (Å²) >= 11 is 0. The Balaban J connectivity index is 1.93. The highest BCUT2D eigenvalue weighted by Gasteiger charge is 2.36. The van der Waals surface area contributed by atoms with E-state index in [1.54, 1.807) is 0 Å². The Morgan fingerprint density at radius 2 is 1.79 bits per heavy atom. The second kappa shape index (κ2) is 3.82. The third kappa shape index (κ3) is 1.96. The fourth-order valence-electron chi connectivity index (χ4n) is 2.89. The van der Waals surface area contributed by atoms with Gasteiger partial charge in [0.15, 0.2) is 0 Å². The van der Waals surface area contributed by atoms with Gasteiger partial charge in [0.25, 0.3) is 0 Å². The lowest BCUT2D eigenvalue weighted by atomic mass is 9.82. The maximum absolute atomic E-state index is 3.39. The summed E-state index contributed by atoms with van der Waals surface area (Å²) in [4.78, 5) is 2.73. The van der Waals surface area contributed by atoms with Crippen LogP contribution in [0, 0.1) is 5.41 Å². The summed E-state index contributed by atoms with van der Waals surface area (Å²) in [7, 11) is 0. The summed E-state index contributed by atoms with van der Waals surface area (Å²) < 4.78 is 0. The van der Waals surface area contributed by atoms with Crippen LogP contribution in [0.5, 0.6) is 0 Å². The lowest BCUT2D eigenvalue weighted by Gasteiger charge is -2.48. The van der Waals surface area contributed by atoms with Crippen molar-refractivity contribution >= 4 is 0 Å². The standard InChI is InChI=1S/C12H24N2/c1-10-5-4-6-11(2)14(10)9-12(3)7-13-8-12/h10-11,13H,4-9H2,1-3H3. The molecule has 2 rings (SSSR count). The molecule has 0 spiro atoms. The molecule has 0 aromatic rings. The fraction of sp³-hybridized carbons (Fsp3) is 1.00. The van der Waals surface area contributed by atoms with Gasteiger partial charge in [-0.15, -0.1) is 0 Å². The van der Waals surface area contributed by atoms with E-state index in [9.17, 15) is 0 Å². The molecular weight excluding hydrogens is 172 g/mol. The van der Waals surface area contributed by atoms with E-state index >= 15 is 0 Å². The van der Waals surface area contributed by atoms with Crippen molar-refractivity contribution < 1.29 is 0 Å². The maximum atomic E-state index is 3.39. The Labute approximate surface area is 88.1 Å². The van der Waals surface area contributed by atoms with Crippen LogP contribution >= 0.6 is 0 Å². The first-order valence-electron chi connectivity index (χ1n) is 6.07. The van der Waals surface area contributed by atoms with Crippen molar-refractivity contribution in [3.05, 3.63) is 0 Å². The molecule has 2 saturated heterocycles. The van der Waals surface area contributed by atoms with E-state index in [-0.39, 0.29) is 0 Å². The van der Waals surface area contributed by atoms with Gasteiger partial charge in [-0.1, -0.05) is 13.3 Å². The smallest absolute Gasteiger partial charge is 0.00700 e. The molecule has 2 aliphatic heterocycles. The quantitative estimate of drug-likeness (QED) is 0.725. The van der Waals surface area contributed by atoms with Gasteiger partial charge in [-0.05, 0) is 26.7 Å². The highest BCUT2D eigenvalue weighted by molar-refractivity contribution is 4.93. The van der Waals surface area contributed by atoms with Crippen LogP contribution in [0.4, 0.5) is 0 Å². The number of likely N-dealkylation sites (tertiary alicyclic amines) is 1. The van der Waals surface area contributed by atoms with Gasteiger partial charge < -0.3 is 5.32 Å². The van der Waals surface area contributed by atoms with E-state index in [4.69, 9.17) is 0 Å². The molecule has 1 N–H and O–H groups in total. The molecule has 2 heteroatoms. The molecule has 0 saturated carbocycles. The zero-order valence-electron chi connectivity index (χ0n) is 9.84. The topological polar surface area (TPSA) is 15.3 Å². The van der Waals surface area contributed by atoms with Gasteiger partial charge in [0.1, 0.15) is 0 Å². The van der Waals surface area contributed by atoms with E-state index in [1.807, 2.05) is 0 Å². The first-order valence-corrected chi connectivity index (χ1v) is 6.07. The maximum Gasteiger partial charge on any atom is 0.00700 e. The average Bonchev–Trinajstić information content (AvgIpc) is 2.09. The normalized spacial score (nSPS) is 37.9. The van der Waals surface area contributed by atoms with Crippen LogP contribution in [-0.4, -0.2) is 36.6 Å². The van der Waals surface area contributed by atoms with Crippen LogP contribution in [0.2, 0.25) is 0 Å². The van der Waals surface area contributed by atoms with E-state index in [0.29, 0.717) is 5.41 Å². The second-order valence-electron chi connectivity index (χ2n) is 5.72. The van der Waals surface area contributed by atoms with E-state index in [2.05, 4.69) is 31.0 Å². The number of nitrogens with one attached hydrogen (secondary N) is 1. The van der Waals surface area contributed by atoms with E-state index in [0.717, 1.165) is 12.1 Å². The third-order valence-corrected chi connectivity index (χ3v) is 4.04. The van der Waals surface area contributed by atoms with Crippen molar-refractivity contribution in [2.24, 2.45) is 5.41 Å². The molecule has 2 fully saturated rings. The van der Waals surface area contributed by atoms with Crippen LogP contribution in [0.25, 0.3) is 0 Å². The average molecular weight is 196 g/mol. The lowest BCUT2D eigenvalue weighted by molar-refractivity contribution is 0.0313. The fourth-order valence-corrected chi connectivity index (χ4v) is 2.89.